The lowest BCUT2D eigenvalue weighted by Crippen LogP contribution is -2.09. The predicted octanol–water partition coefficient (Wildman–Crippen LogP) is 2.36. The predicted molar refractivity (Wildman–Crippen MR) is 55.4 cm³/mol. The Morgan fingerprint density at radius 2 is 2.46 bits per heavy atom. The van der Waals surface area contributed by atoms with E-state index < -0.39 is 0 Å². The van der Waals surface area contributed by atoms with Gasteiger partial charge >= 0.3 is 0 Å². The molecule has 1 rings (SSSR count). The average Bonchev–Trinajstić information content (AvgIpc) is 2.09. The second-order valence-corrected chi connectivity index (χ2v) is 3.18. The van der Waals surface area contributed by atoms with Crippen LogP contribution in [0, 0.1) is 0 Å². The highest BCUT2D eigenvalue weighted by molar-refractivity contribution is 9.10. The van der Waals surface area contributed by atoms with Crippen molar-refractivity contribution in [3.8, 4) is 0 Å². The molecule has 0 saturated heterocycles. The lowest BCUT2D eigenvalue weighted by Gasteiger charge is -2.01. The van der Waals surface area contributed by atoms with E-state index in [4.69, 9.17) is 0 Å². The minimum atomic E-state index is -0.179. The van der Waals surface area contributed by atoms with Crippen LogP contribution in [0.2, 0.25) is 0 Å². The van der Waals surface area contributed by atoms with Gasteiger partial charge in [-0.25, -0.2) is 4.98 Å². The fourth-order valence-electron chi connectivity index (χ4n) is 0.787. The monoisotopic (exact) mass is 240 g/mol. The molecule has 0 aromatic carbocycles. The number of pyridine rings is 1. The van der Waals surface area contributed by atoms with Crippen LogP contribution in [-0.2, 0) is 4.79 Å². The summed E-state index contributed by atoms with van der Waals surface area (Å²) in [6, 6.07) is 3.60. The first kappa shape index (κ1) is 9.92. The Bertz CT molecular complexity index is 336. The Morgan fingerprint density at radius 1 is 1.69 bits per heavy atom. The molecule has 0 unspecified atom stereocenters. The molecule has 0 aliphatic rings. The van der Waals surface area contributed by atoms with E-state index >= 15 is 0 Å². The molecular weight excluding hydrogens is 232 g/mol. The van der Waals surface area contributed by atoms with Crippen molar-refractivity contribution < 1.29 is 4.79 Å². The summed E-state index contributed by atoms with van der Waals surface area (Å²) in [6.45, 7) is 1.78. The summed E-state index contributed by atoms with van der Waals surface area (Å²) in [5, 5.41) is 2.63. The number of anilines is 1. The zero-order chi connectivity index (χ0) is 9.68. The summed E-state index contributed by atoms with van der Waals surface area (Å²) in [5.74, 6) is 0.354. The van der Waals surface area contributed by atoms with E-state index in [0.717, 1.165) is 4.47 Å². The maximum atomic E-state index is 11.1. The Labute approximate surface area is 85.0 Å². The number of aromatic nitrogens is 1. The first-order valence-corrected chi connectivity index (χ1v) is 4.57. The maximum Gasteiger partial charge on any atom is 0.249 e. The van der Waals surface area contributed by atoms with Gasteiger partial charge in [-0.15, -0.1) is 0 Å². The summed E-state index contributed by atoms with van der Waals surface area (Å²) in [5.41, 5.74) is 0. The zero-order valence-electron chi connectivity index (χ0n) is 7.12. The van der Waals surface area contributed by atoms with E-state index in [2.05, 4.69) is 26.2 Å². The van der Waals surface area contributed by atoms with Crippen molar-refractivity contribution >= 4 is 27.7 Å². The second kappa shape index (κ2) is 4.77. The van der Waals surface area contributed by atoms with Gasteiger partial charge in [-0.05, 0) is 41.1 Å². The van der Waals surface area contributed by atoms with Gasteiger partial charge in [-0.1, -0.05) is 6.08 Å². The normalized spacial score (nSPS) is 10.3. The first-order valence-electron chi connectivity index (χ1n) is 3.78. The van der Waals surface area contributed by atoms with Gasteiger partial charge in [0.15, 0.2) is 0 Å². The van der Waals surface area contributed by atoms with Crippen molar-refractivity contribution in [2.24, 2.45) is 0 Å². The van der Waals surface area contributed by atoms with E-state index in [1.165, 1.54) is 6.08 Å². The van der Waals surface area contributed by atoms with Gasteiger partial charge in [0.1, 0.15) is 5.82 Å². The topological polar surface area (TPSA) is 42.0 Å². The third kappa shape index (κ3) is 2.99. The van der Waals surface area contributed by atoms with Crippen LogP contribution in [0.5, 0.6) is 0 Å². The molecule has 13 heavy (non-hydrogen) atoms. The molecule has 0 aliphatic carbocycles. The highest BCUT2D eigenvalue weighted by Crippen LogP contribution is 2.17. The smallest absolute Gasteiger partial charge is 0.249 e. The molecule has 0 saturated carbocycles. The molecule has 68 valence electrons. The third-order valence-corrected chi connectivity index (χ3v) is 1.96. The molecule has 1 amide bonds. The summed E-state index contributed by atoms with van der Waals surface area (Å²) in [4.78, 5) is 15.1. The average molecular weight is 241 g/mol. The molecule has 0 bridgehead atoms. The first-order chi connectivity index (χ1) is 6.24. The zero-order valence-corrected chi connectivity index (χ0v) is 8.71. The van der Waals surface area contributed by atoms with Gasteiger partial charge in [0.25, 0.3) is 0 Å². The van der Waals surface area contributed by atoms with Crippen LogP contribution in [0.4, 0.5) is 5.82 Å². The molecule has 1 N–H and O–H groups in total. The number of rotatable bonds is 2. The number of hydrogen-bond donors (Lipinski definition) is 1. The highest BCUT2D eigenvalue weighted by Gasteiger charge is 2.01. The standard InChI is InChI=1S/C9H9BrN2O/c1-2-4-8(13)12-9-7(10)5-3-6-11-9/h2-6H,1H3,(H,11,12,13). The molecule has 4 heteroatoms. The van der Waals surface area contributed by atoms with Crippen LogP contribution in [0.15, 0.2) is 35.0 Å². The van der Waals surface area contributed by atoms with Crippen molar-refractivity contribution in [3.63, 3.8) is 0 Å². The maximum absolute atomic E-state index is 11.1. The number of carbonyl (C=O) groups excluding carboxylic acids is 1. The molecule has 3 nitrogen and oxygen atoms in total. The number of carbonyl (C=O) groups is 1. The fraction of sp³-hybridized carbons (Fsp3) is 0.111. The Kier molecular flexibility index (Phi) is 3.64. The molecule has 0 atom stereocenters. The van der Waals surface area contributed by atoms with Crippen LogP contribution in [0.3, 0.4) is 0 Å². The molecule has 0 radical (unpaired) electrons. The van der Waals surface area contributed by atoms with Gasteiger partial charge in [-0.2, -0.15) is 0 Å². The summed E-state index contributed by atoms with van der Waals surface area (Å²) in [7, 11) is 0. The number of halogens is 1. The summed E-state index contributed by atoms with van der Waals surface area (Å²) < 4.78 is 0.771. The lowest BCUT2D eigenvalue weighted by molar-refractivity contribution is -0.111. The molecule has 0 fully saturated rings. The van der Waals surface area contributed by atoms with Crippen molar-refractivity contribution in [2.75, 3.05) is 5.32 Å². The van der Waals surface area contributed by atoms with Crippen molar-refractivity contribution in [2.45, 2.75) is 6.92 Å². The van der Waals surface area contributed by atoms with Gasteiger partial charge in [0, 0.05) is 6.20 Å². The van der Waals surface area contributed by atoms with E-state index in [9.17, 15) is 4.79 Å². The van der Waals surface area contributed by atoms with Gasteiger partial charge in [-0.3, -0.25) is 4.79 Å². The minimum Gasteiger partial charge on any atom is -0.306 e. The van der Waals surface area contributed by atoms with E-state index in [-0.39, 0.29) is 5.91 Å². The highest BCUT2D eigenvalue weighted by atomic mass is 79.9. The minimum absolute atomic E-state index is 0.179. The Morgan fingerprint density at radius 3 is 3.08 bits per heavy atom. The number of nitrogens with zero attached hydrogens (tertiary/aromatic N) is 1. The Balaban J connectivity index is 2.74. The molecule has 0 aliphatic heterocycles. The molecule has 1 aromatic heterocycles. The number of amides is 1. The SMILES string of the molecule is CC=CC(=O)Nc1ncccc1Br. The van der Waals surface area contributed by atoms with Gasteiger partial charge in [0.05, 0.1) is 4.47 Å². The molecular formula is C9H9BrN2O. The van der Waals surface area contributed by atoms with Crippen LogP contribution in [-0.4, -0.2) is 10.9 Å². The van der Waals surface area contributed by atoms with Crippen LogP contribution in [0.25, 0.3) is 0 Å². The van der Waals surface area contributed by atoms with Gasteiger partial charge < -0.3 is 5.32 Å². The lowest BCUT2D eigenvalue weighted by atomic mass is 10.4. The van der Waals surface area contributed by atoms with Crippen LogP contribution in [0.1, 0.15) is 6.92 Å². The summed E-state index contributed by atoms with van der Waals surface area (Å²) >= 11 is 3.27. The quantitative estimate of drug-likeness (QED) is 0.807. The molecule has 1 aromatic rings. The largest absolute Gasteiger partial charge is 0.306 e. The van der Waals surface area contributed by atoms with E-state index in [0.29, 0.717) is 5.82 Å². The van der Waals surface area contributed by atoms with Crippen molar-refractivity contribution in [3.05, 3.63) is 35.0 Å². The number of nitrogens with one attached hydrogen (secondary N) is 1. The second-order valence-electron chi connectivity index (χ2n) is 2.32. The van der Waals surface area contributed by atoms with Crippen LogP contribution < -0.4 is 5.32 Å². The summed E-state index contributed by atoms with van der Waals surface area (Å²) in [6.07, 6.45) is 4.74. The van der Waals surface area contributed by atoms with E-state index in [1.807, 2.05) is 6.07 Å². The molecule has 1 heterocycles. The fourth-order valence-corrected chi connectivity index (χ4v) is 1.14. The third-order valence-electron chi connectivity index (χ3n) is 1.32. The Hall–Kier alpha value is -1.16. The van der Waals surface area contributed by atoms with Gasteiger partial charge in [0.2, 0.25) is 5.91 Å². The number of allylic oxidation sites excluding steroid dienone is 1. The number of hydrogen-bond acceptors (Lipinski definition) is 2. The van der Waals surface area contributed by atoms with Crippen molar-refractivity contribution in [1.82, 2.24) is 4.98 Å². The van der Waals surface area contributed by atoms with Crippen LogP contribution >= 0.6 is 15.9 Å². The molecule has 0 spiro atoms. The van der Waals surface area contributed by atoms with Crippen molar-refractivity contribution in [1.29, 1.82) is 0 Å². The van der Waals surface area contributed by atoms with E-state index in [1.54, 1.807) is 25.3 Å².